The highest BCUT2D eigenvalue weighted by molar-refractivity contribution is 5.78. The minimum atomic E-state index is -0.740. The van der Waals surface area contributed by atoms with E-state index in [-0.39, 0.29) is 0 Å². The molecular weight excluding hydrogens is 252 g/mol. The first-order valence-corrected chi connectivity index (χ1v) is 8.30. The Morgan fingerprint density at radius 1 is 1.30 bits per heavy atom. The number of nitrogens with zero attached hydrogens (tertiary/aromatic N) is 1. The van der Waals surface area contributed by atoms with E-state index in [2.05, 4.69) is 17.1 Å². The van der Waals surface area contributed by atoms with Crippen molar-refractivity contribution in [3.05, 3.63) is 0 Å². The fourth-order valence-electron chi connectivity index (χ4n) is 3.42. The Labute approximate surface area is 122 Å². The van der Waals surface area contributed by atoms with Crippen LogP contribution in [0.25, 0.3) is 0 Å². The zero-order valence-corrected chi connectivity index (χ0v) is 13.0. The lowest BCUT2D eigenvalue weighted by molar-refractivity contribution is -0.144. The molecule has 0 aromatic heterocycles. The molecule has 0 spiro atoms. The van der Waals surface area contributed by atoms with Gasteiger partial charge in [-0.2, -0.15) is 0 Å². The van der Waals surface area contributed by atoms with E-state index in [0.29, 0.717) is 6.04 Å². The number of nitrogens with one attached hydrogen (secondary N) is 1. The fourth-order valence-corrected chi connectivity index (χ4v) is 3.42. The van der Waals surface area contributed by atoms with Crippen molar-refractivity contribution in [2.24, 2.45) is 0 Å². The molecule has 2 aliphatic carbocycles. The molecule has 4 nitrogen and oxygen atoms in total. The summed E-state index contributed by atoms with van der Waals surface area (Å²) in [5, 5.41) is 12.8. The number of hydrogen-bond acceptors (Lipinski definition) is 3. The average Bonchev–Trinajstić information content (AvgIpc) is 3.05. The number of rotatable bonds is 9. The molecule has 0 aromatic rings. The first-order chi connectivity index (χ1) is 9.55. The van der Waals surface area contributed by atoms with Crippen LogP contribution in [0, 0.1) is 0 Å². The summed E-state index contributed by atoms with van der Waals surface area (Å²) in [5.74, 6) is -0.701. The third-order valence-electron chi connectivity index (χ3n) is 4.94. The highest BCUT2D eigenvalue weighted by atomic mass is 16.4. The van der Waals surface area contributed by atoms with Crippen LogP contribution in [0.1, 0.15) is 65.2 Å². The summed E-state index contributed by atoms with van der Waals surface area (Å²) in [5.41, 5.74) is -0.740. The number of carboxylic acid groups (broad SMARTS) is 1. The monoisotopic (exact) mass is 282 g/mol. The van der Waals surface area contributed by atoms with E-state index in [0.717, 1.165) is 44.8 Å². The largest absolute Gasteiger partial charge is 0.480 e. The Morgan fingerprint density at radius 2 is 1.95 bits per heavy atom. The summed E-state index contributed by atoms with van der Waals surface area (Å²) in [6.07, 6.45) is 9.32. The van der Waals surface area contributed by atoms with E-state index < -0.39 is 11.5 Å². The van der Waals surface area contributed by atoms with Crippen molar-refractivity contribution in [2.45, 2.75) is 82.8 Å². The van der Waals surface area contributed by atoms with Crippen LogP contribution in [0.2, 0.25) is 0 Å². The number of carboxylic acids is 1. The van der Waals surface area contributed by atoms with Crippen LogP contribution in [-0.2, 0) is 4.79 Å². The molecule has 20 heavy (non-hydrogen) atoms. The Hall–Kier alpha value is -0.610. The molecule has 2 rings (SSSR count). The topological polar surface area (TPSA) is 52.6 Å². The van der Waals surface area contributed by atoms with Crippen LogP contribution in [0.15, 0.2) is 0 Å². The van der Waals surface area contributed by atoms with Gasteiger partial charge in [0.25, 0.3) is 0 Å². The molecule has 2 N–H and O–H groups in total. The van der Waals surface area contributed by atoms with Gasteiger partial charge in [-0.3, -0.25) is 10.1 Å². The molecule has 4 heteroatoms. The second kappa shape index (κ2) is 6.90. The van der Waals surface area contributed by atoms with Gasteiger partial charge in [-0.1, -0.05) is 19.8 Å². The minimum Gasteiger partial charge on any atom is -0.480 e. The van der Waals surface area contributed by atoms with Crippen LogP contribution < -0.4 is 5.32 Å². The van der Waals surface area contributed by atoms with Crippen molar-refractivity contribution < 1.29 is 9.90 Å². The Bertz CT molecular complexity index is 324. The maximum Gasteiger partial charge on any atom is 0.323 e. The van der Waals surface area contributed by atoms with Crippen LogP contribution in [0.5, 0.6) is 0 Å². The van der Waals surface area contributed by atoms with E-state index in [1.54, 1.807) is 0 Å². The summed E-state index contributed by atoms with van der Waals surface area (Å²) in [6.45, 7) is 6.19. The third-order valence-corrected chi connectivity index (χ3v) is 4.94. The van der Waals surface area contributed by atoms with Gasteiger partial charge in [-0.25, -0.2) is 0 Å². The van der Waals surface area contributed by atoms with Gasteiger partial charge in [0.2, 0.25) is 0 Å². The predicted molar refractivity (Wildman–Crippen MR) is 80.9 cm³/mol. The van der Waals surface area contributed by atoms with E-state index >= 15 is 0 Å². The van der Waals surface area contributed by atoms with E-state index in [1.807, 2.05) is 6.92 Å². The molecular formula is C16H30N2O2. The summed E-state index contributed by atoms with van der Waals surface area (Å²) in [7, 11) is 0. The molecule has 0 saturated heterocycles. The summed E-state index contributed by atoms with van der Waals surface area (Å²) < 4.78 is 0. The van der Waals surface area contributed by atoms with E-state index in [9.17, 15) is 9.90 Å². The van der Waals surface area contributed by atoms with Gasteiger partial charge in [0, 0.05) is 12.1 Å². The highest BCUT2D eigenvalue weighted by Gasteiger charge is 2.38. The first-order valence-electron chi connectivity index (χ1n) is 8.30. The van der Waals surface area contributed by atoms with E-state index in [1.165, 1.54) is 25.7 Å². The van der Waals surface area contributed by atoms with Gasteiger partial charge in [0.1, 0.15) is 5.54 Å². The maximum absolute atomic E-state index is 11.5. The lowest BCUT2D eigenvalue weighted by Crippen LogP contribution is -2.51. The zero-order chi connectivity index (χ0) is 14.6. The van der Waals surface area contributed by atoms with Crippen molar-refractivity contribution in [3.63, 3.8) is 0 Å². The smallest absolute Gasteiger partial charge is 0.323 e. The highest BCUT2D eigenvalue weighted by Crippen LogP contribution is 2.26. The Morgan fingerprint density at radius 3 is 2.45 bits per heavy atom. The van der Waals surface area contributed by atoms with Crippen molar-refractivity contribution >= 4 is 5.97 Å². The molecule has 0 radical (unpaired) electrons. The van der Waals surface area contributed by atoms with Crippen LogP contribution in [-0.4, -0.2) is 46.7 Å². The summed E-state index contributed by atoms with van der Waals surface area (Å²) in [6, 6.07) is 1.18. The number of aliphatic carboxylic acids is 1. The Kier molecular flexibility index (Phi) is 5.44. The molecule has 1 unspecified atom stereocenters. The second-order valence-electron chi connectivity index (χ2n) is 6.73. The molecule has 0 heterocycles. The van der Waals surface area contributed by atoms with Crippen LogP contribution >= 0.6 is 0 Å². The lowest BCUT2D eigenvalue weighted by Gasteiger charge is -2.30. The second-order valence-corrected chi connectivity index (χ2v) is 6.73. The van der Waals surface area contributed by atoms with Crippen molar-refractivity contribution in [1.82, 2.24) is 10.2 Å². The molecule has 1 atom stereocenters. The minimum absolute atomic E-state index is 0.438. The fraction of sp³-hybridized carbons (Fsp3) is 0.938. The zero-order valence-electron chi connectivity index (χ0n) is 13.0. The lowest BCUT2D eigenvalue weighted by atomic mass is 9.95. The first kappa shape index (κ1) is 15.8. The molecule has 116 valence electrons. The van der Waals surface area contributed by atoms with Gasteiger partial charge >= 0.3 is 5.97 Å². The normalized spacial score (nSPS) is 23.1. The average molecular weight is 282 g/mol. The summed E-state index contributed by atoms with van der Waals surface area (Å²) >= 11 is 0. The molecule has 2 fully saturated rings. The predicted octanol–water partition coefficient (Wildman–Crippen LogP) is 2.63. The standard InChI is InChI=1S/C16H30N2O2/c1-3-18(14-7-4-5-8-14)12-6-11-16(2,15(19)20)17-13-9-10-13/h13-14,17H,3-12H2,1-2H3,(H,19,20). The molecule has 0 bridgehead atoms. The van der Waals surface area contributed by atoms with Crippen molar-refractivity contribution in [3.8, 4) is 0 Å². The van der Waals surface area contributed by atoms with Gasteiger partial charge in [-0.15, -0.1) is 0 Å². The number of hydrogen-bond donors (Lipinski definition) is 2. The van der Waals surface area contributed by atoms with Crippen LogP contribution in [0.4, 0.5) is 0 Å². The molecule has 0 amide bonds. The van der Waals surface area contributed by atoms with Crippen molar-refractivity contribution in [1.29, 1.82) is 0 Å². The van der Waals surface area contributed by atoms with Gasteiger partial charge < -0.3 is 10.0 Å². The van der Waals surface area contributed by atoms with Gasteiger partial charge in [0.15, 0.2) is 0 Å². The summed E-state index contributed by atoms with van der Waals surface area (Å²) in [4.78, 5) is 14.1. The quantitative estimate of drug-likeness (QED) is 0.682. The molecule has 0 aromatic carbocycles. The maximum atomic E-state index is 11.5. The van der Waals surface area contributed by atoms with Gasteiger partial charge in [0.05, 0.1) is 0 Å². The third kappa shape index (κ3) is 4.19. The molecule has 2 aliphatic rings. The SMILES string of the molecule is CCN(CCCC(C)(NC1CC1)C(=O)O)C1CCCC1. The van der Waals surface area contributed by atoms with Crippen molar-refractivity contribution in [2.75, 3.05) is 13.1 Å². The molecule has 2 saturated carbocycles. The van der Waals surface area contributed by atoms with Gasteiger partial charge in [-0.05, 0) is 58.5 Å². The number of carbonyl (C=O) groups is 1. The van der Waals surface area contributed by atoms with E-state index in [4.69, 9.17) is 0 Å². The molecule has 0 aliphatic heterocycles. The Balaban J connectivity index is 1.77. The van der Waals surface area contributed by atoms with Crippen LogP contribution in [0.3, 0.4) is 0 Å².